The maximum atomic E-state index is 12.2. The number of nitrogens with zero attached hydrogens (tertiary/aromatic N) is 1. The maximum Gasteiger partial charge on any atom is 0.240 e. The summed E-state index contributed by atoms with van der Waals surface area (Å²) < 4.78 is 1.15. The van der Waals surface area contributed by atoms with Gasteiger partial charge in [-0.2, -0.15) is 0 Å². The minimum Gasteiger partial charge on any atom is -0.368 e. The van der Waals surface area contributed by atoms with Crippen LogP contribution in [0.2, 0.25) is 0 Å². The van der Waals surface area contributed by atoms with E-state index in [0.717, 1.165) is 47.2 Å². The van der Waals surface area contributed by atoms with E-state index in [4.69, 9.17) is 16.3 Å². The van der Waals surface area contributed by atoms with E-state index in [9.17, 15) is 19.2 Å². The number of unbranched alkanes of at least 4 members (excludes halogenated alkanes) is 2. The largest absolute Gasteiger partial charge is 0.368 e. The SMILES string of the molecule is CC.CC(C)CC(C=O)NC(=O)CCCCCN.CCC(C)C(NC(=O)CCc1nc2ccc(C(C)C)cc2s1)C(N)=O.CN.CNC.CNC=O. The molecule has 14 heteroatoms. The zero-order valence-corrected chi connectivity index (χ0v) is 35.1. The third-order valence-electron chi connectivity index (χ3n) is 6.99. The summed E-state index contributed by atoms with van der Waals surface area (Å²) in [4.78, 5) is 59.5. The number of carbonyl (C=O) groups excluding carboxylic acids is 5. The Hall–Kier alpha value is -3.46. The lowest BCUT2D eigenvalue weighted by Gasteiger charge is -2.20. The summed E-state index contributed by atoms with van der Waals surface area (Å²) in [6.45, 7) is 17.0. The molecule has 0 aliphatic carbocycles. The average molecular weight is 755 g/mol. The van der Waals surface area contributed by atoms with Gasteiger partial charge in [0.1, 0.15) is 12.3 Å². The Morgan fingerprint density at radius 1 is 0.904 bits per heavy atom. The summed E-state index contributed by atoms with van der Waals surface area (Å²) in [6.07, 6.45) is 7.06. The van der Waals surface area contributed by atoms with Crippen LogP contribution < -0.4 is 38.5 Å². The number of fused-ring (bicyclic) bond motifs is 1. The van der Waals surface area contributed by atoms with E-state index >= 15 is 0 Å². The van der Waals surface area contributed by atoms with Crippen LogP contribution >= 0.6 is 11.3 Å². The minimum atomic E-state index is -0.610. The summed E-state index contributed by atoms with van der Waals surface area (Å²) in [6, 6.07) is 5.38. The second-order valence-corrected chi connectivity index (χ2v) is 13.4. The standard InChI is InChI=1S/C19H27N3O2S.C12H24N2O2.C2H5NO.C2H7N.C2H6.CH5N/c1-5-12(4)18(19(20)24)22-16(23)8-9-17-21-14-7-6-13(11(2)3)10-15(14)25-17;1-10(2)8-11(9-15)14-12(16)6-4-3-5-7-13;1-3-2-4;1-3-2;2*1-2/h6-7,10-12,18H,5,8-9H2,1-4H3,(H2,20,24)(H,22,23);9-11H,3-8,13H2,1-2H3,(H,14,16);2H,1H3,(H,3,4);3H,1-2H3;1-2H3;2H2,1H3. The Morgan fingerprint density at radius 3 is 1.90 bits per heavy atom. The van der Waals surface area contributed by atoms with Crippen molar-refractivity contribution in [3.63, 3.8) is 0 Å². The van der Waals surface area contributed by atoms with E-state index in [1.54, 1.807) is 18.4 Å². The number of carbonyl (C=O) groups is 5. The Labute approximate surface area is 318 Å². The number of nitrogens with two attached hydrogens (primary N) is 3. The van der Waals surface area contributed by atoms with Gasteiger partial charge in [0, 0.05) is 26.3 Å². The van der Waals surface area contributed by atoms with Crippen LogP contribution in [0.4, 0.5) is 0 Å². The summed E-state index contributed by atoms with van der Waals surface area (Å²) >= 11 is 1.62. The minimum absolute atomic E-state index is 0.0263. The zero-order valence-electron chi connectivity index (χ0n) is 34.3. The fraction of sp³-hybridized carbons (Fsp3) is 0.684. The van der Waals surface area contributed by atoms with Crippen molar-refractivity contribution in [3.8, 4) is 0 Å². The van der Waals surface area contributed by atoms with Gasteiger partial charge >= 0.3 is 0 Å². The van der Waals surface area contributed by atoms with Gasteiger partial charge < -0.3 is 43.3 Å². The average Bonchev–Trinajstić information content (AvgIpc) is 3.55. The fourth-order valence-electron chi connectivity index (χ4n) is 4.19. The highest BCUT2D eigenvalue weighted by molar-refractivity contribution is 7.18. The number of aldehydes is 1. The van der Waals surface area contributed by atoms with E-state index in [0.29, 0.717) is 50.5 Å². The van der Waals surface area contributed by atoms with Crippen LogP contribution in [0.15, 0.2) is 18.2 Å². The number of benzene rings is 1. The monoisotopic (exact) mass is 755 g/mol. The number of aryl methyl sites for hydroxylation is 1. The molecule has 13 nitrogen and oxygen atoms in total. The second-order valence-electron chi connectivity index (χ2n) is 12.3. The van der Waals surface area contributed by atoms with E-state index in [2.05, 4.69) is 58.0 Å². The fourth-order valence-corrected chi connectivity index (χ4v) is 5.21. The maximum absolute atomic E-state index is 12.2. The van der Waals surface area contributed by atoms with Crippen LogP contribution in [0.25, 0.3) is 10.2 Å². The van der Waals surface area contributed by atoms with Gasteiger partial charge in [-0.25, -0.2) is 4.98 Å². The Bertz CT molecular complexity index is 1190. The van der Waals surface area contributed by atoms with Gasteiger partial charge in [0.05, 0.1) is 21.3 Å². The number of amides is 4. The normalized spacial score (nSPS) is 11.5. The Morgan fingerprint density at radius 2 is 1.46 bits per heavy atom. The Balaban J connectivity index is -0.000000366. The first kappa shape index (κ1) is 55.3. The second kappa shape index (κ2) is 37.3. The highest BCUT2D eigenvalue weighted by atomic mass is 32.1. The molecule has 3 atom stereocenters. The molecule has 0 spiro atoms. The van der Waals surface area contributed by atoms with Crippen molar-refractivity contribution in [2.24, 2.45) is 29.0 Å². The number of rotatable bonds is 18. The highest BCUT2D eigenvalue weighted by Gasteiger charge is 2.23. The molecule has 0 aliphatic rings. The zero-order chi connectivity index (χ0) is 41.1. The van der Waals surface area contributed by atoms with E-state index < -0.39 is 11.9 Å². The van der Waals surface area contributed by atoms with Crippen molar-refractivity contribution in [1.82, 2.24) is 26.3 Å². The number of hydrogen-bond donors (Lipinski definition) is 7. The van der Waals surface area contributed by atoms with Crippen LogP contribution in [0.5, 0.6) is 0 Å². The van der Waals surface area contributed by atoms with Gasteiger partial charge in [-0.05, 0) is 82.4 Å². The van der Waals surface area contributed by atoms with Gasteiger partial charge in [0.15, 0.2) is 0 Å². The molecule has 10 N–H and O–H groups in total. The quantitative estimate of drug-likeness (QED) is 0.0845. The summed E-state index contributed by atoms with van der Waals surface area (Å²) in [5.41, 5.74) is 17.5. The van der Waals surface area contributed by atoms with Crippen molar-refractivity contribution < 1.29 is 24.0 Å². The molecule has 0 saturated carbocycles. The van der Waals surface area contributed by atoms with E-state index in [1.807, 2.05) is 61.7 Å². The number of hydrogen-bond acceptors (Lipinski definition) is 10. The number of aromatic nitrogens is 1. The molecule has 0 radical (unpaired) electrons. The summed E-state index contributed by atoms with van der Waals surface area (Å²) in [5, 5.41) is 11.4. The first-order valence-electron chi connectivity index (χ1n) is 18.4. The van der Waals surface area contributed by atoms with Gasteiger partial charge in [0.2, 0.25) is 24.1 Å². The molecular weight excluding hydrogens is 681 g/mol. The number of thiazole rings is 1. The van der Waals surface area contributed by atoms with Crippen molar-refractivity contribution in [3.05, 3.63) is 28.8 Å². The molecule has 52 heavy (non-hydrogen) atoms. The molecule has 4 amide bonds. The van der Waals surface area contributed by atoms with Crippen molar-refractivity contribution in [1.29, 1.82) is 0 Å². The molecule has 0 fully saturated rings. The molecule has 1 aromatic heterocycles. The van der Waals surface area contributed by atoms with Gasteiger partial charge in [-0.15, -0.1) is 11.3 Å². The van der Waals surface area contributed by atoms with Crippen LogP contribution in [0, 0.1) is 11.8 Å². The van der Waals surface area contributed by atoms with Gasteiger partial charge in [0.25, 0.3) is 0 Å². The molecule has 2 aromatic rings. The molecule has 0 saturated heterocycles. The van der Waals surface area contributed by atoms with E-state index in [1.165, 1.54) is 12.6 Å². The molecule has 1 aromatic carbocycles. The summed E-state index contributed by atoms with van der Waals surface area (Å²) in [7, 11) is 6.81. The molecular formula is C38H74N8O5S. The Kier molecular flexibility index (Phi) is 39.7. The van der Waals surface area contributed by atoms with Crippen molar-refractivity contribution in [2.75, 3.05) is 34.7 Å². The van der Waals surface area contributed by atoms with Crippen LogP contribution in [-0.4, -0.2) is 82.2 Å². The third kappa shape index (κ3) is 29.2. The van der Waals surface area contributed by atoms with Gasteiger partial charge in [-0.3, -0.25) is 19.2 Å². The first-order chi connectivity index (χ1) is 24.7. The lowest BCUT2D eigenvalue weighted by atomic mass is 9.98. The molecule has 0 aliphatic heterocycles. The lowest BCUT2D eigenvalue weighted by molar-refractivity contribution is -0.128. The molecule has 3 unspecified atom stereocenters. The molecule has 2 rings (SSSR count). The molecule has 302 valence electrons. The molecule has 1 heterocycles. The van der Waals surface area contributed by atoms with Crippen molar-refractivity contribution in [2.45, 2.75) is 125 Å². The predicted octanol–water partition coefficient (Wildman–Crippen LogP) is 4.40. The number of primary amides is 1. The number of nitrogens with one attached hydrogen (secondary N) is 4. The summed E-state index contributed by atoms with van der Waals surface area (Å²) in [5.74, 6) is 0.239. The van der Waals surface area contributed by atoms with E-state index in [-0.39, 0.29) is 23.8 Å². The topological polar surface area (TPSA) is 224 Å². The lowest BCUT2D eigenvalue weighted by Crippen LogP contribution is -2.48. The van der Waals surface area contributed by atoms with Crippen LogP contribution in [0.1, 0.15) is 117 Å². The first-order valence-corrected chi connectivity index (χ1v) is 19.3. The third-order valence-corrected chi connectivity index (χ3v) is 8.07. The predicted molar refractivity (Wildman–Crippen MR) is 219 cm³/mol. The highest BCUT2D eigenvalue weighted by Crippen LogP contribution is 2.27. The van der Waals surface area contributed by atoms with Crippen LogP contribution in [-0.2, 0) is 30.4 Å². The molecule has 0 bridgehead atoms. The van der Waals surface area contributed by atoms with Crippen molar-refractivity contribution >= 4 is 52.0 Å². The smallest absolute Gasteiger partial charge is 0.240 e. The van der Waals surface area contributed by atoms with Crippen LogP contribution in [0.3, 0.4) is 0 Å². The van der Waals surface area contributed by atoms with Gasteiger partial charge in [-0.1, -0.05) is 74.3 Å².